The maximum atomic E-state index is 13.9. The molecule has 2 unspecified atom stereocenters. The number of nitrogens with two attached hydrogens (primary N) is 1. The molecule has 1 heterocycles. The average molecular weight is 236 g/mol. The summed E-state index contributed by atoms with van der Waals surface area (Å²) in [6, 6.07) is 5.41. The van der Waals surface area contributed by atoms with Crippen LogP contribution < -0.4 is 5.73 Å². The second-order valence-electron chi connectivity index (χ2n) is 4.96. The van der Waals surface area contributed by atoms with Crippen LogP contribution in [0.4, 0.5) is 4.39 Å². The third kappa shape index (κ3) is 2.50. The van der Waals surface area contributed by atoms with Gasteiger partial charge in [0.25, 0.3) is 0 Å². The zero-order valence-electron chi connectivity index (χ0n) is 10.6. The van der Waals surface area contributed by atoms with Crippen molar-refractivity contribution in [2.45, 2.75) is 38.8 Å². The van der Waals surface area contributed by atoms with Gasteiger partial charge < -0.3 is 5.73 Å². The SMILES string of the molecule is CCCN1CCC(N)C1c1cc(C)ccc1F. The third-order valence-electron chi connectivity index (χ3n) is 3.53. The number of nitrogens with zero attached hydrogens (tertiary/aromatic N) is 1. The second-order valence-corrected chi connectivity index (χ2v) is 4.96. The fourth-order valence-electron chi connectivity index (χ4n) is 2.74. The first-order valence-corrected chi connectivity index (χ1v) is 6.39. The summed E-state index contributed by atoms with van der Waals surface area (Å²) in [7, 11) is 0. The molecule has 0 aromatic heterocycles. The van der Waals surface area contributed by atoms with Crippen LogP contribution in [0.15, 0.2) is 18.2 Å². The van der Waals surface area contributed by atoms with Gasteiger partial charge in [0.05, 0.1) is 6.04 Å². The van der Waals surface area contributed by atoms with Gasteiger partial charge >= 0.3 is 0 Å². The van der Waals surface area contributed by atoms with Crippen LogP contribution in [0.2, 0.25) is 0 Å². The Hall–Kier alpha value is -0.930. The molecule has 0 radical (unpaired) electrons. The zero-order chi connectivity index (χ0) is 12.4. The van der Waals surface area contributed by atoms with E-state index in [1.807, 2.05) is 19.1 Å². The maximum absolute atomic E-state index is 13.9. The first kappa shape index (κ1) is 12.5. The lowest BCUT2D eigenvalue weighted by Gasteiger charge is -2.27. The van der Waals surface area contributed by atoms with Crippen molar-refractivity contribution in [3.8, 4) is 0 Å². The number of likely N-dealkylation sites (tertiary alicyclic amines) is 1. The molecule has 2 nitrogen and oxygen atoms in total. The number of hydrogen-bond acceptors (Lipinski definition) is 2. The van der Waals surface area contributed by atoms with Crippen LogP contribution >= 0.6 is 0 Å². The molecule has 0 aliphatic carbocycles. The molecule has 3 heteroatoms. The van der Waals surface area contributed by atoms with Crippen molar-refractivity contribution in [1.29, 1.82) is 0 Å². The molecule has 1 aromatic rings. The van der Waals surface area contributed by atoms with Gasteiger partial charge in [0.2, 0.25) is 0 Å². The highest BCUT2D eigenvalue weighted by molar-refractivity contribution is 5.29. The lowest BCUT2D eigenvalue weighted by molar-refractivity contribution is 0.243. The normalized spacial score (nSPS) is 25.4. The molecule has 0 amide bonds. The molecule has 0 bridgehead atoms. The highest BCUT2D eigenvalue weighted by atomic mass is 19.1. The molecule has 1 aliphatic heterocycles. The van der Waals surface area contributed by atoms with Crippen molar-refractivity contribution < 1.29 is 4.39 Å². The van der Waals surface area contributed by atoms with E-state index in [4.69, 9.17) is 5.73 Å². The summed E-state index contributed by atoms with van der Waals surface area (Å²) in [5, 5.41) is 0. The van der Waals surface area contributed by atoms with Crippen LogP contribution in [0.25, 0.3) is 0 Å². The lowest BCUT2D eigenvalue weighted by atomic mass is 9.98. The van der Waals surface area contributed by atoms with Crippen LogP contribution in [-0.2, 0) is 0 Å². The van der Waals surface area contributed by atoms with Gasteiger partial charge in [-0.2, -0.15) is 0 Å². The summed E-state index contributed by atoms with van der Waals surface area (Å²) in [6.45, 7) is 6.11. The van der Waals surface area contributed by atoms with Crippen LogP contribution in [0, 0.1) is 12.7 Å². The van der Waals surface area contributed by atoms with E-state index in [-0.39, 0.29) is 17.9 Å². The molecule has 94 valence electrons. The molecule has 0 spiro atoms. The van der Waals surface area contributed by atoms with Crippen molar-refractivity contribution >= 4 is 0 Å². The molecule has 1 fully saturated rings. The first-order chi connectivity index (χ1) is 8.13. The third-order valence-corrected chi connectivity index (χ3v) is 3.53. The van der Waals surface area contributed by atoms with Gasteiger partial charge in [-0.15, -0.1) is 0 Å². The van der Waals surface area contributed by atoms with Crippen LogP contribution in [0.5, 0.6) is 0 Å². The van der Waals surface area contributed by atoms with Crippen molar-refractivity contribution in [2.24, 2.45) is 5.73 Å². The van der Waals surface area contributed by atoms with Gasteiger partial charge in [-0.05, 0) is 32.4 Å². The Kier molecular flexibility index (Phi) is 3.79. The summed E-state index contributed by atoms with van der Waals surface area (Å²) in [5.74, 6) is -0.126. The maximum Gasteiger partial charge on any atom is 0.128 e. The number of halogens is 1. The zero-order valence-corrected chi connectivity index (χ0v) is 10.6. The Morgan fingerprint density at radius 3 is 2.94 bits per heavy atom. The van der Waals surface area contributed by atoms with Gasteiger partial charge in [-0.3, -0.25) is 4.90 Å². The van der Waals surface area contributed by atoms with E-state index in [0.717, 1.165) is 37.1 Å². The second kappa shape index (κ2) is 5.15. The summed E-state index contributed by atoms with van der Waals surface area (Å²) in [6.07, 6.45) is 2.04. The van der Waals surface area contributed by atoms with Crippen molar-refractivity contribution in [3.05, 3.63) is 35.1 Å². The Labute approximate surface area is 103 Å². The number of benzene rings is 1. The molecule has 17 heavy (non-hydrogen) atoms. The Balaban J connectivity index is 2.32. The molecular formula is C14H21FN2. The molecule has 2 N–H and O–H groups in total. The smallest absolute Gasteiger partial charge is 0.128 e. The minimum Gasteiger partial charge on any atom is -0.326 e. The van der Waals surface area contributed by atoms with Crippen molar-refractivity contribution in [3.63, 3.8) is 0 Å². The quantitative estimate of drug-likeness (QED) is 0.874. The standard InChI is InChI=1S/C14H21FN2/c1-3-7-17-8-6-13(16)14(17)11-9-10(2)4-5-12(11)15/h4-5,9,13-14H,3,6-8,16H2,1-2H3. The van der Waals surface area contributed by atoms with E-state index >= 15 is 0 Å². The highest BCUT2D eigenvalue weighted by Gasteiger charge is 2.33. The predicted octanol–water partition coefficient (Wildman–Crippen LogP) is 2.62. The monoisotopic (exact) mass is 236 g/mol. The van der Waals surface area contributed by atoms with Gasteiger partial charge in [0.15, 0.2) is 0 Å². The molecule has 1 aliphatic rings. The summed E-state index contributed by atoms with van der Waals surface area (Å²) >= 11 is 0. The molecule has 2 atom stereocenters. The topological polar surface area (TPSA) is 29.3 Å². The molecule has 0 saturated carbocycles. The Morgan fingerprint density at radius 1 is 1.47 bits per heavy atom. The number of rotatable bonds is 3. The molecular weight excluding hydrogens is 215 g/mol. The van der Waals surface area contributed by atoms with Gasteiger partial charge in [-0.25, -0.2) is 4.39 Å². The first-order valence-electron chi connectivity index (χ1n) is 6.39. The van der Waals surface area contributed by atoms with E-state index in [0.29, 0.717) is 0 Å². The number of hydrogen-bond donors (Lipinski definition) is 1. The van der Waals surface area contributed by atoms with Gasteiger partial charge in [0.1, 0.15) is 5.82 Å². The summed E-state index contributed by atoms with van der Waals surface area (Å²) in [4.78, 5) is 2.31. The predicted molar refractivity (Wildman–Crippen MR) is 68.3 cm³/mol. The highest BCUT2D eigenvalue weighted by Crippen LogP contribution is 2.33. The van der Waals surface area contributed by atoms with Crippen LogP contribution in [0.3, 0.4) is 0 Å². The minimum absolute atomic E-state index is 0.0508. The summed E-state index contributed by atoms with van der Waals surface area (Å²) < 4.78 is 13.9. The van der Waals surface area contributed by atoms with E-state index in [9.17, 15) is 4.39 Å². The van der Waals surface area contributed by atoms with E-state index in [1.54, 1.807) is 6.07 Å². The van der Waals surface area contributed by atoms with Crippen molar-refractivity contribution in [1.82, 2.24) is 4.90 Å². The van der Waals surface area contributed by atoms with Crippen LogP contribution in [0.1, 0.15) is 36.9 Å². The van der Waals surface area contributed by atoms with E-state index in [2.05, 4.69) is 11.8 Å². The summed E-state index contributed by atoms with van der Waals surface area (Å²) in [5.41, 5.74) is 8.00. The Morgan fingerprint density at radius 2 is 2.24 bits per heavy atom. The lowest BCUT2D eigenvalue weighted by Crippen LogP contribution is -2.33. The largest absolute Gasteiger partial charge is 0.326 e. The van der Waals surface area contributed by atoms with Crippen LogP contribution in [-0.4, -0.2) is 24.0 Å². The van der Waals surface area contributed by atoms with Gasteiger partial charge in [-0.1, -0.05) is 24.6 Å². The fourth-order valence-corrected chi connectivity index (χ4v) is 2.74. The molecule has 1 aromatic carbocycles. The van der Waals surface area contributed by atoms with Crippen molar-refractivity contribution in [2.75, 3.05) is 13.1 Å². The molecule has 1 saturated heterocycles. The number of aryl methyl sites for hydroxylation is 1. The van der Waals surface area contributed by atoms with Gasteiger partial charge in [0, 0.05) is 18.2 Å². The molecule has 2 rings (SSSR count). The average Bonchev–Trinajstić information content (AvgIpc) is 2.64. The minimum atomic E-state index is -0.126. The Bertz CT molecular complexity index is 390. The van der Waals surface area contributed by atoms with E-state index < -0.39 is 0 Å². The van der Waals surface area contributed by atoms with E-state index in [1.165, 1.54) is 0 Å². The fraction of sp³-hybridized carbons (Fsp3) is 0.571.